The fourth-order valence-corrected chi connectivity index (χ4v) is 5.60. The molecular weight excluding hydrogens is 394 g/mol. The third-order valence-electron chi connectivity index (χ3n) is 5.01. The van der Waals surface area contributed by atoms with Gasteiger partial charge in [0.1, 0.15) is 0 Å². The second kappa shape index (κ2) is 7.62. The first-order valence-electron chi connectivity index (χ1n) is 9.14. The molecule has 1 N–H and O–H groups in total. The van der Waals surface area contributed by atoms with Crippen molar-refractivity contribution in [3.05, 3.63) is 53.5 Å². The number of aromatic nitrogens is 1. The molecule has 2 heterocycles. The molecule has 1 aliphatic rings. The summed E-state index contributed by atoms with van der Waals surface area (Å²) in [4.78, 5) is 17.3. The lowest BCUT2D eigenvalue weighted by atomic mass is 9.98. The number of carbonyl (C=O) groups excluding carboxylic acids is 1. The van der Waals surface area contributed by atoms with Crippen LogP contribution >= 0.6 is 11.3 Å². The van der Waals surface area contributed by atoms with E-state index in [2.05, 4.69) is 10.3 Å². The van der Waals surface area contributed by atoms with Crippen molar-refractivity contribution >= 4 is 43.2 Å². The molecule has 1 amide bonds. The number of piperidine rings is 1. The molecule has 0 bridgehead atoms. The van der Waals surface area contributed by atoms with Gasteiger partial charge in [-0.1, -0.05) is 17.7 Å². The van der Waals surface area contributed by atoms with Crippen LogP contribution in [0, 0.1) is 12.8 Å². The predicted molar refractivity (Wildman–Crippen MR) is 111 cm³/mol. The van der Waals surface area contributed by atoms with E-state index in [9.17, 15) is 13.2 Å². The summed E-state index contributed by atoms with van der Waals surface area (Å²) in [6.07, 6.45) is 1.33. The standard InChI is InChI=1S/C20H21N3O3S2/c1-14-4-7-17(8-5-14)28(25,26)23-10-2-3-15(12-23)20(24)22-16-6-9-19-18(11-16)21-13-27-19/h4-9,11,13,15H,2-3,10,12H2,1H3,(H,22,24). The Bertz CT molecular complexity index is 1110. The first kappa shape index (κ1) is 19.0. The zero-order valence-electron chi connectivity index (χ0n) is 15.5. The number of carbonyl (C=O) groups is 1. The van der Waals surface area contributed by atoms with Crippen LogP contribution in [0.25, 0.3) is 10.2 Å². The summed E-state index contributed by atoms with van der Waals surface area (Å²) in [5.74, 6) is -0.529. The Morgan fingerprint density at radius 2 is 2.00 bits per heavy atom. The normalized spacial score (nSPS) is 18.2. The number of hydrogen-bond donors (Lipinski definition) is 1. The Morgan fingerprint density at radius 3 is 2.79 bits per heavy atom. The van der Waals surface area contributed by atoms with Gasteiger partial charge in [0.2, 0.25) is 15.9 Å². The monoisotopic (exact) mass is 415 g/mol. The number of sulfonamides is 1. The highest BCUT2D eigenvalue weighted by molar-refractivity contribution is 7.89. The van der Waals surface area contributed by atoms with Gasteiger partial charge in [-0.2, -0.15) is 4.31 Å². The van der Waals surface area contributed by atoms with Crippen LogP contribution in [-0.4, -0.2) is 36.7 Å². The second-order valence-electron chi connectivity index (χ2n) is 7.04. The molecule has 6 nitrogen and oxygen atoms in total. The molecule has 1 fully saturated rings. The van der Waals surface area contributed by atoms with E-state index in [0.29, 0.717) is 25.1 Å². The van der Waals surface area contributed by atoms with Crippen LogP contribution in [0.5, 0.6) is 0 Å². The van der Waals surface area contributed by atoms with E-state index in [1.165, 1.54) is 4.31 Å². The van der Waals surface area contributed by atoms with Crippen molar-refractivity contribution in [3.63, 3.8) is 0 Å². The summed E-state index contributed by atoms with van der Waals surface area (Å²) in [6, 6.07) is 12.4. The molecule has 0 aliphatic carbocycles. The summed E-state index contributed by atoms with van der Waals surface area (Å²) in [5, 5.41) is 2.92. The highest BCUT2D eigenvalue weighted by Crippen LogP contribution is 2.26. The zero-order valence-corrected chi connectivity index (χ0v) is 17.1. The number of nitrogens with one attached hydrogen (secondary N) is 1. The minimum atomic E-state index is -3.59. The van der Waals surface area contributed by atoms with Gasteiger partial charge in [0, 0.05) is 18.8 Å². The van der Waals surface area contributed by atoms with E-state index in [1.54, 1.807) is 41.1 Å². The van der Waals surface area contributed by atoms with Crippen LogP contribution in [0.3, 0.4) is 0 Å². The largest absolute Gasteiger partial charge is 0.326 e. The van der Waals surface area contributed by atoms with E-state index in [-0.39, 0.29) is 23.3 Å². The van der Waals surface area contributed by atoms with Crippen LogP contribution in [0.15, 0.2) is 52.9 Å². The minimum Gasteiger partial charge on any atom is -0.326 e. The molecular formula is C20H21N3O3S2. The zero-order chi connectivity index (χ0) is 19.7. The van der Waals surface area contributed by atoms with Gasteiger partial charge in [-0.05, 0) is 50.1 Å². The lowest BCUT2D eigenvalue weighted by Gasteiger charge is -2.31. The maximum Gasteiger partial charge on any atom is 0.243 e. The number of thiazole rings is 1. The quantitative estimate of drug-likeness (QED) is 0.705. The summed E-state index contributed by atoms with van der Waals surface area (Å²) >= 11 is 1.55. The molecule has 0 spiro atoms. The third-order valence-corrected chi connectivity index (χ3v) is 7.70. The van der Waals surface area contributed by atoms with Gasteiger partial charge in [-0.25, -0.2) is 13.4 Å². The summed E-state index contributed by atoms with van der Waals surface area (Å²) in [6.45, 7) is 2.55. The van der Waals surface area contributed by atoms with Gasteiger partial charge in [0.15, 0.2) is 0 Å². The fourth-order valence-electron chi connectivity index (χ4n) is 3.41. The van der Waals surface area contributed by atoms with Crippen molar-refractivity contribution in [2.75, 3.05) is 18.4 Å². The average molecular weight is 416 g/mol. The average Bonchev–Trinajstić information content (AvgIpc) is 3.16. The van der Waals surface area contributed by atoms with Crippen molar-refractivity contribution in [1.82, 2.24) is 9.29 Å². The third kappa shape index (κ3) is 3.80. The maximum absolute atomic E-state index is 12.9. The molecule has 28 heavy (non-hydrogen) atoms. The smallest absolute Gasteiger partial charge is 0.243 e. The molecule has 4 rings (SSSR count). The van der Waals surface area contributed by atoms with Crippen molar-refractivity contribution < 1.29 is 13.2 Å². The lowest BCUT2D eigenvalue weighted by molar-refractivity contribution is -0.120. The van der Waals surface area contributed by atoms with Gasteiger partial charge < -0.3 is 5.32 Å². The van der Waals surface area contributed by atoms with Gasteiger partial charge in [-0.15, -0.1) is 11.3 Å². The Labute approximate surface area is 168 Å². The molecule has 1 atom stereocenters. The van der Waals surface area contributed by atoms with Gasteiger partial charge in [0.25, 0.3) is 0 Å². The number of nitrogens with zero attached hydrogens (tertiary/aromatic N) is 2. The van der Waals surface area contributed by atoms with Gasteiger partial charge in [-0.3, -0.25) is 4.79 Å². The molecule has 8 heteroatoms. The van der Waals surface area contributed by atoms with E-state index in [1.807, 2.05) is 25.1 Å². The van der Waals surface area contributed by atoms with Gasteiger partial charge in [0.05, 0.1) is 26.5 Å². The SMILES string of the molecule is Cc1ccc(S(=O)(=O)N2CCCC(C(=O)Nc3ccc4scnc4c3)C2)cc1. The number of fused-ring (bicyclic) bond motifs is 1. The molecule has 1 saturated heterocycles. The lowest BCUT2D eigenvalue weighted by Crippen LogP contribution is -2.43. The minimum absolute atomic E-state index is 0.154. The molecule has 1 aliphatic heterocycles. The Hall–Kier alpha value is -2.29. The fraction of sp³-hybridized carbons (Fsp3) is 0.300. The highest BCUT2D eigenvalue weighted by Gasteiger charge is 2.33. The molecule has 0 saturated carbocycles. The Balaban J connectivity index is 1.48. The van der Waals surface area contributed by atoms with E-state index < -0.39 is 10.0 Å². The van der Waals surface area contributed by atoms with Crippen LogP contribution < -0.4 is 5.32 Å². The molecule has 1 unspecified atom stereocenters. The Kier molecular flexibility index (Phi) is 5.18. The van der Waals surface area contributed by atoms with E-state index in [4.69, 9.17) is 0 Å². The van der Waals surface area contributed by atoms with Crippen molar-refractivity contribution in [3.8, 4) is 0 Å². The summed E-state index contributed by atoms with van der Waals surface area (Å²) in [7, 11) is -3.59. The van der Waals surface area contributed by atoms with E-state index in [0.717, 1.165) is 15.8 Å². The van der Waals surface area contributed by atoms with Crippen LogP contribution in [0.2, 0.25) is 0 Å². The predicted octanol–water partition coefficient (Wildman–Crippen LogP) is 3.64. The first-order chi connectivity index (χ1) is 13.4. The molecule has 0 radical (unpaired) electrons. The number of anilines is 1. The Morgan fingerprint density at radius 1 is 1.21 bits per heavy atom. The second-order valence-corrected chi connectivity index (χ2v) is 9.86. The van der Waals surface area contributed by atoms with Crippen molar-refractivity contribution in [1.29, 1.82) is 0 Å². The van der Waals surface area contributed by atoms with E-state index >= 15 is 0 Å². The van der Waals surface area contributed by atoms with Crippen LogP contribution in [0.4, 0.5) is 5.69 Å². The molecule has 3 aromatic rings. The van der Waals surface area contributed by atoms with Crippen LogP contribution in [0.1, 0.15) is 18.4 Å². The van der Waals surface area contributed by atoms with Crippen LogP contribution in [-0.2, 0) is 14.8 Å². The first-order valence-corrected chi connectivity index (χ1v) is 11.5. The summed E-state index contributed by atoms with van der Waals surface area (Å²) in [5.41, 5.74) is 4.30. The topological polar surface area (TPSA) is 79.4 Å². The number of aryl methyl sites for hydroxylation is 1. The molecule has 2 aromatic carbocycles. The molecule has 146 valence electrons. The maximum atomic E-state index is 12.9. The number of amides is 1. The van der Waals surface area contributed by atoms with Crippen molar-refractivity contribution in [2.45, 2.75) is 24.7 Å². The summed E-state index contributed by atoms with van der Waals surface area (Å²) < 4.78 is 28.3. The number of hydrogen-bond acceptors (Lipinski definition) is 5. The van der Waals surface area contributed by atoms with Crippen molar-refractivity contribution in [2.24, 2.45) is 5.92 Å². The number of benzene rings is 2. The highest BCUT2D eigenvalue weighted by atomic mass is 32.2. The number of rotatable bonds is 4. The molecule has 1 aromatic heterocycles. The van der Waals surface area contributed by atoms with Gasteiger partial charge >= 0.3 is 0 Å².